The summed E-state index contributed by atoms with van der Waals surface area (Å²) in [5.74, 6) is -0.544. The predicted octanol–water partition coefficient (Wildman–Crippen LogP) is 1.14. The van der Waals surface area contributed by atoms with Crippen LogP contribution >= 0.6 is 0 Å². The summed E-state index contributed by atoms with van der Waals surface area (Å²) in [5, 5.41) is 0. The van der Waals surface area contributed by atoms with E-state index in [1.54, 1.807) is 13.8 Å². The summed E-state index contributed by atoms with van der Waals surface area (Å²) < 4.78 is 15.0. The van der Waals surface area contributed by atoms with Crippen molar-refractivity contribution in [2.75, 3.05) is 20.8 Å². The molecule has 0 aliphatic carbocycles. The largest absolute Gasteiger partial charge is 0.459 e. The average molecular weight is 245 g/mol. The molecule has 0 aromatic rings. The fraction of sp³-hybridized carbons (Fsp3) is 0.818. The van der Waals surface area contributed by atoms with Gasteiger partial charge in [0, 0.05) is 20.1 Å². The minimum atomic E-state index is -1.34. The molecule has 1 heterocycles. The monoisotopic (exact) mass is 245 g/mol. The molecule has 0 bridgehead atoms. The number of methoxy groups -OCH3 is 2. The van der Waals surface area contributed by atoms with Gasteiger partial charge >= 0.3 is 12.1 Å². The van der Waals surface area contributed by atoms with Gasteiger partial charge in [-0.15, -0.1) is 0 Å². The van der Waals surface area contributed by atoms with Gasteiger partial charge in [-0.1, -0.05) is 0 Å². The van der Waals surface area contributed by atoms with Crippen molar-refractivity contribution < 1.29 is 23.8 Å². The molecular formula is C11H19NO5. The molecule has 0 N–H and O–H groups in total. The Morgan fingerprint density at radius 1 is 1.29 bits per heavy atom. The molecule has 1 aliphatic heterocycles. The fourth-order valence-electron chi connectivity index (χ4n) is 1.96. The normalized spacial score (nSPS) is 23.9. The van der Waals surface area contributed by atoms with Gasteiger partial charge in [-0.2, -0.15) is 0 Å². The van der Waals surface area contributed by atoms with Crippen LogP contribution in [0.1, 0.15) is 26.7 Å². The molecule has 17 heavy (non-hydrogen) atoms. The number of hydrogen-bond donors (Lipinski definition) is 0. The highest BCUT2D eigenvalue weighted by atomic mass is 16.6. The van der Waals surface area contributed by atoms with Crippen LogP contribution in [0, 0.1) is 0 Å². The summed E-state index contributed by atoms with van der Waals surface area (Å²) >= 11 is 0. The molecule has 0 radical (unpaired) electrons. The third kappa shape index (κ3) is 2.52. The first-order valence-corrected chi connectivity index (χ1v) is 5.59. The Bertz CT molecular complexity index is 304. The van der Waals surface area contributed by atoms with E-state index in [-0.39, 0.29) is 6.10 Å². The van der Waals surface area contributed by atoms with Crippen molar-refractivity contribution in [1.29, 1.82) is 0 Å². The number of esters is 1. The van der Waals surface area contributed by atoms with Crippen molar-refractivity contribution in [2.45, 2.75) is 38.5 Å². The molecule has 6 heteroatoms. The zero-order chi connectivity index (χ0) is 13.1. The number of ether oxygens (including phenoxy) is 3. The SMILES string of the molecule is COC(=O)N1CCC[C@@]1(OC)C(=O)OC(C)C. The summed E-state index contributed by atoms with van der Waals surface area (Å²) in [6, 6.07) is 0. The van der Waals surface area contributed by atoms with E-state index >= 15 is 0 Å². The Labute approximate surface area is 101 Å². The van der Waals surface area contributed by atoms with E-state index in [4.69, 9.17) is 9.47 Å². The first-order chi connectivity index (χ1) is 7.97. The lowest BCUT2D eigenvalue weighted by Gasteiger charge is -2.34. The summed E-state index contributed by atoms with van der Waals surface area (Å²) in [7, 11) is 2.66. The molecule has 0 aromatic heterocycles. The first kappa shape index (κ1) is 13.8. The van der Waals surface area contributed by atoms with E-state index in [2.05, 4.69) is 4.74 Å². The van der Waals surface area contributed by atoms with Gasteiger partial charge < -0.3 is 14.2 Å². The second-order valence-electron chi connectivity index (χ2n) is 4.17. The lowest BCUT2D eigenvalue weighted by molar-refractivity contribution is -0.189. The molecule has 1 fully saturated rings. The van der Waals surface area contributed by atoms with E-state index in [1.165, 1.54) is 19.1 Å². The first-order valence-electron chi connectivity index (χ1n) is 5.59. The molecule has 98 valence electrons. The number of likely N-dealkylation sites (tertiary alicyclic amines) is 1. The van der Waals surface area contributed by atoms with Crippen LogP contribution in [-0.4, -0.2) is 49.6 Å². The molecule has 6 nitrogen and oxygen atoms in total. The standard InChI is InChI=1S/C11H19NO5/c1-8(2)17-9(13)11(16-4)6-5-7-12(11)10(14)15-3/h8H,5-7H2,1-4H3/t11-/m1/s1. The Kier molecular flexibility index (Phi) is 4.34. The lowest BCUT2D eigenvalue weighted by Crippen LogP contribution is -2.55. The van der Waals surface area contributed by atoms with Crippen LogP contribution in [0.3, 0.4) is 0 Å². The Morgan fingerprint density at radius 3 is 2.41 bits per heavy atom. The van der Waals surface area contributed by atoms with Crippen molar-refractivity contribution in [3.8, 4) is 0 Å². The molecule has 0 spiro atoms. The molecule has 0 saturated carbocycles. The maximum absolute atomic E-state index is 12.0. The lowest BCUT2D eigenvalue weighted by atomic mass is 10.1. The van der Waals surface area contributed by atoms with Crippen LogP contribution in [0.2, 0.25) is 0 Å². The van der Waals surface area contributed by atoms with Gasteiger partial charge in [0.05, 0.1) is 13.2 Å². The second-order valence-corrected chi connectivity index (χ2v) is 4.17. The van der Waals surface area contributed by atoms with Crippen molar-refractivity contribution in [3.63, 3.8) is 0 Å². The highest BCUT2D eigenvalue weighted by Crippen LogP contribution is 2.32. The van der Waals surface area contributed by atoms with Crippen LogP contribution in [0.5, 0.6) is 0 Å². The predicted molar refractivity (Wildman–Crippen MR) is 59.3 cm³/mol. The molecule has 1 aliphatic rings. The van der Waals surface area contributed by atoms with Gasteiger partial charge in [-0.05, 0) is 20.3 Å². The summed E-state index contributed by atoms with van der Waals surface area (Å²) in [5.41, 5.74) is -1.34. The Hall–Kier alpha value is -1.30. The molecule has 1 atom stereocenters. The molecular weight excluding hydrogens is 226 g/mol. The number of carbonyl (C=O) groups is 2. The van der Waals surface area contributed by atoms with E-state index in [0.29, 0.717) is 19.4 Å². The summed E-state index contributed by atoms with van der Waals surface area (Å²) in [6.07, 6.45) is 0.264. The van der Waals surface area contributed by atoms with Gasteiger partial charge in [0.1, 0.15) is 0 Å². The van der Waals surface area contributed by atoms with Crippen LogP contribution in [0.15, 0.2) is 0 Å². The highest BCUT2D eigenvalue weighted by Gasteiger charge is 2.52. The van der Waals surface area contributed by atoms with Gasteiger partial charge in [-0.3, -0.25) is 4.90 Å². The van der Waals surface area contributed by atoms with E-state index in [9.17, 15) is 9.59 Å². The van der Waals surface area contributed by atoms with Crippen LogP contribution in [0.4, 0.5) is 4.79 Å². The smallest absolute Gasteiger partial charge is 0.412 e. The van der Waals surface area contributed by atoms with Crippen molar-refractivity contribution >= 4 is 12.1 Å². The third-order valence-corrected chi connectivity index (χ3v) is 2.73. The Morgan fingerprint density at radius 2 is 1.94 bits per heavy atom. The minimum Gasteiger partial charge on any atom is -0.459 e. The second kappa shape index (κ2) is 5.35. The van der Waals surface area contributed by atoms with Crippen molar-refractivity contribution in [3.05, 3.63) is 0 Å². The van der Waals surface area contributed by atoms with Gasteiger partial charge in [-0.25, -0.2) is 9.59 Å². The van der Waals surface area contributed by atoms with Gasteiger partial charge in [0.2, 0.25) is 5.72 Å². The van der Waals surface area contributed by atoms with Gasteiger partial charge in [0.15, 0.2) is 0 Å². The minimum absolute atomic E-state index is 0.255. The van der Waals surface area contributed by atoms with Crippen LogP contribution in [0.25, 0.3) is 0 Å². The fourth-order valence-corrected chi connectivity index (χ4v) is 1.96. The van der Waals surface area contributed by atoms with E-state index < -0.39 is 17.8 Å². The molecule has 0 unspecified atom stereocenters. The third-order valence-electron chi connectivity index (χ3n) is 2.73. The van der Waals surface area contributed by atoms with Crippen molar-refractivity contribution in [1.82, 2.24) is 4.90 Å². The molecule has 1 rings (SSSR count). The van der Waals surface area contributed by atoms with E-state index in [1.807, 2.05) is 0 Å². The average Bonchev–Trinajstić information content (AvgIpc) is 2.71. The Balaban J connectivity index is 2.92. The number of nitrogens with zero attached hydrogens (tertiary/aromatic N) is 1. The van der Waals surface area contributed by atoms with Crippen LogP contribution < -0.4 is 0 Å². The zero-order valence-electron chi connectivity index (χ0n) is 10.7. The maximum atomic E-state index is 12.0. The quantitative estimate of drug-likeness (QED) is 0.698. The molecule has 0 aromatic carbocycles. The highest BCUT2D eigenvalue weighted by molar-refractivity contribution is 5.85. The molecule has 1 saturated heterocycles. The number of carbonyl (C=O) groups excluding carboxylic acids is 2. The number of amides is 1. The maximum Gasteiger partial charge on any atom is 0.412 e. The number of rotatable bonds is 3. The van der Waals surface area contributed by atoms with Crippen LogP contribution in [-0.2, 0) is 19.0 Å². The van der Waals surface area contributed by atoms with Crippen molar-refractivity contribution in [2.24, 2.45) is 0 Å². The molecule has 1 amide bonds. The zero-order valence-corrected chi connectivity index (χ0v) is 10.7. The topological polar surface area (TPSA) is 65.1 Å². The summed E-state index contributed by atoms with van der Waals surface area (Å²) in [4.78, 5) is 24.9. The number of hydrogen-bond acceptors (Lipinski definition) is 5. The summed E-state index contributed by atoms with van der Waals surface area (Å²) in [6.45, 7) is 3.92. The van der Waals surface area contributed by atoms with E-state index in [0.717, 1.165) is 0 Å². The van der Waals surface area contributed by atoms with Gasteiger partial charge in [0.25, 0.3) is 0 Å².